The van der Waals surface area contributed by atoms with Crippen molar-refractivity contribution in [1.29, 1.82) is 0 Å². The van der Waals surface area contributed by atoms with Gasteiger partial charge < -0.3 is 40.5 Å². The molecule has 1 fully saturated rings. The van der Waals surface area contributed by atoms with Crippen molar-refractivity contribution >= 4 is 12.0 Å². The number of aliphatic hydroxyl groups excluding tert-OH is 4. The Bertz CT molecular complexity index is 970. The summed E-state index contributed by atoms with van der Waals surface area (Å²) in [6, 6.07) is 14.5. The molecule has 2 amide bonds. The Hall–Kier alpha value is -3.02. The Morgan fingerprint density at radius 3 is 2.15 bits per heavy atom. The Kier molecular flexibility index (Phi) is 6.91. The van der Waals surface area contributed by atoms with E-state index in [9.17, 15) is 24.9 Å². The average molecular weight is 458 g/mol. The Morgan fingerprint density at radius 1 is 0.939 bits per heavy atom. The molecule has 0 saturated carbocycles. The van der Waals surface area contributed by atoms with Crippen molar-refractivity contribution in [3.8, 4) is 11.1 Å². The van der Waals surface area contributed by atoms with Crippen molar-refractivity contribution in [2.45, 2.75) is 36.6 Å². The molecule has 6 N–H and O–H groups in total. The number of alkyl carbamates (subject to hydrolysis) is 1. The number of hydrogen-bond acceptors (Lipinski definition) is 8. The second kappa shape index (κ2) is 9.86. The predicted molar refractivity (Wildman–Crippen MR) is 115 cm³/mol. The van der Waals surface area contributed by atoms with Crippen LogP contribution in [0.15, 0.2) is 48.5 Å². The van der Waals surface area contributed by atoms with Gasteiger partial charge in [-0.3, -0.25) is 4.79 Å². The number of rotatable bonds is 6. The molecule has 0 aromatic heterocycles. The molecule has 4 rings (SSSR count). The molecule has 1 aliphatic heterocycles. The largest absolute Gasteiger partial charge is 0.449 e. The summed E-state index contributed by atoms with van der Waals surface area (Å²) in [7, 11) is 0. The van der Waals surface area contributed by atoms with Gasteiger partial charge in [0.15, 0.2) is 6.29 Å². The van der Waals surface area contributed by atoms with E-state index in [4.69, 9.17) is 14.6 Å². The van der Waals surface area contributed by atoms with Gasteiger partial charge in [0.05, 0.1) is 6.61 Å². The van der Waals surface area contributed by atoms with E-state index in [0.717, 1.165) is 22.3 Å². The molecule has 1 aliphatic carbocycles. The highest BCUT2D eigenvalue weighted by Gasteiger charge is 2.44. The van der Waals surface area contributed by atoms with E-state index >= 15 is 0 Å². The van der Waals surface area contributed by atoms with Gasteiger partial charge in [-0.05, 0) is 22.3 Å². The maximum absolute atomic E-state index is 12.2. The van der Waals surface area contributed by atoms with Crippen LogP contribution in [-0.2, 0) is 14.3 Å². The summed E-state index contributed by atoms with van der Waals surface area (Å²) in [4.78, 5) is 24.3. The molecular formula is C23H26N2O8. The molecule has 0 bridgehead atoms. The van der Waals surface area contributed by atoms with Gasteiger partial charge in [-0.2, -0.15) is 0 Å². The van der Waals surface area contributed by atoms with Crippen LogP contribution in [0.5, 0.6) is 0 Å². The molecular weight excluding hydrogens is 432 g/mol. The van der Waals surface area contributed by atoms with Crippen LogP contribution in [0.4, 0.5) is 4.79 Å². The van der Waals surface area contributed by atoms with Crippen LogP contribution < -0.4 is 10.6 Å². The quantitative estimate of drug-likeness (QED) is 0.336. The van der Waals surface area contributed by atoms with Gasteiger partial charge >= 0.3 is 6.09 Å². The zero-order valence-electron chi connectivity index (χ0n) is 17.6. The minimum Gasteiger partial charge on any atom is -0.449 e. The fourth-order valence-corrected chi connectivity index (χ4v) is 4.29. The van der Waals surface area contributed by atoms with E-state index in [1.807, 2.05) is 48.5 Å². The monoisotopic (exact) mass is 458 g/mol. The second-order valence-corrected chi connectivity index (χ2v) is 8.00. The van der Waals surface area contributed by atoms with Gasteiger partial charge in [0.1, 0.15) is 37.5 Å². The SMILES string of the molecule is O=C(CNC(=O)OCC1c2ccccc2-c2ccccc21)NC1C(O)OC(CO)C(O)C1O. The van der Waals surface area contributed by atoms with Crippen LogP contribution in [0.25, 0.3) is 11.1 Å². The molecule has 1 heterocycles. The normalized spacial score (nSPS) is 26.2. The van der Waals surface area contributed by atoms with Crippen LogP contribution >= 0.6 is 0 Å². The van der Waals surface area contributed by atoms with Gasteiger partial charge in [-0.15, -0.1) is 0 Å². The van der Waals surface area contributed by atoms with Crippen LogP contribution in [0.3, 0.4) is 0 Å². The Labute approximate surface area is 189 Å². The van der Waals surface area contributed by atoms with Gasteiger partial charge in [-0.1, -0.05) is 48.5 Å². The van der Waals surface area contributed by atoms with E-state index in [2.05, 4.69) is 10.6 Å². The number of amides is 2. The molecule has 5 unspecified atom stereocenters. The van der Waals surface area contributed by atoms with Crippen molar-refractivity contribution in [3.63, 3.8) is 0 Å². The molecule has 2 aromatic rings. The summed E-state index contributed by atoms with van der Waals surface area (Å²) in [5.74, 6) is -0.854. The topological polar surface area (TPSA) is 158 Å². The average Bonchev–Trinajstić information content (AvgIpc) is 3.15. The van der Waals surface area contributed by atoms with Crippen molar-refractivity contribution < 1.29 is 39.5 Å². The molecule has 1 saturated heterocycles. The maximum atomic E-state index is 12.2. The van der Waals surface area contributed by atoms with E-state index in [1.54, 1.807) is 0 Å². The summed E-state index contributed by atoms with van der Waals surface area (Å²) < 4.78 is 10.3. The standard InChI is InChI=1S/C23H26N2O8/c26-10-17-20(28)21(29)19(22(30)33-17)25-18(27)9-24-23(31)32-11-16-14-7-3-1-5-12(14)13-6-2-4-8-15(13)16/h1-8,16-17,19-22,26,28-30H,9-11H2,(H,24,31)(H,25,27). The number of nitrogens with one attached hydrogen (secondary N) is 2. The molecule has 0 spiro atoms. The number of benzene rings is 2. The van der Waals surface area contributed by atoms with Crippen molar-refractivity contribution in [1.82, 2.24) is 10.6 Å². The molecule has 176 valence electrons. The van der Waals surface area contributed by atoms with Crippen LogP contribution in [0.2, 0.25) is 0 Å². The molecule has 10 heteroatoms. The maximum Gasteiger partial charge on any atom is 0.407 e. The zero-order valence-corrected chi connectivity index (χ0v) is 17.6. The Balaban J connectivity index is 1.29. The molecule has 33 heavy (non-hydrogen) atoms. The summed E-state index contributed by atoms with van der Waals surface area (Å²) >= 11 is 0. The summed E-state index contributed by atoms with van der Waals surface area (Å²) in [5.41, 5.74) is 4.31. The van der Waals surface area contributed by atoms with E-state index in [0.29, 0.717) is 0 Å². The predicted octanol–water partition coefficient (Wildman–Crippen LogP) is -0.559. The lowest BCUT2D eigenvalue weighted by atomic mass is 9.97. The second-order valence-electron chi connectivity index (χ2n) is 8.00. The first kappa shape index (κ1) is 23.1. The van der Waals surface area contributed by atoms with Crippen molar-refractivity contribution in [2.24, 2.45) is 0 Å². The minimum absolute atomic E-state index is 0.0874. The first-order valence-electron chi connectivity index (χ1n) is 10.6. The third-order valence-electron chi connectivity index (χ3n) is 5.96. The lowest BCUT2D eigenvalue weighted by Crippen LogP contribution is -2.64. The van der Waals surface area contributed by atoms with Crippen LogP contribution in [0.1, 0.15) is 17.0 Å². The zero-order chi connectivity index (χ0) is 23.5. The molecule has 2 aromatic carbocycles. The van der Waals surface area contributed by atoms with E-state index < -0.39 is 55.8 Å². The molecule has 5 atom stereocenters. The highest BCUT2D eigenvalue weighted by molar-refractivity contribution is 5.82. The first-order valence-corrected chi connectivity index (χ1v) is 10.6. The number of carbonyl (C=O) groups is 2. The lowest BCUT2D eigenvalue weighted by molar-refractivity contribution is -0.253. The lowest BCUT2D eigenvalue weighted by Gasteiger charge is -2.40. The number of ether oxygens (including phenoxy) is 2. The number of carbonyl (C=O) groups excluding carboxylic acids is 2. The van der Waals surface area contributed by atoms with Gasteiger partial charge in [0, 0.05) is 5.92 Å². The Morgan fingerprint density at radius 2 is 1.55 bits per heavy atom. The summed E-state index contributed by atoms with van der Waals surface area (Å²) in [5, 5.41) is 43.6. The highest BCUT2D eigenvalue weighted by Crippen LogP contribution is 2.44. The first-order chi connectivity index (χ1) is 15.9. The van der Waals surface area contributed by atoms with Crippen LogP contribution in [-0.4, -0.2) is 82.8 Å². The third-order valence-corrected chi connectivity index (χ3v) is 5.96. The fraction of sp³-hybridized carbons (Fsp3) is 0.391. The van der Waals surface area contributed by atoms with Gasteiger partial charge in [0.25, 0.3) is 0 Å². The van der Waals surface area contributed by atoms with Crippen molar-refractivity contribution in [3.05, 3.63) is 59.7 Å². The van der Waals surface area contributed by atoms with E-state index in [1.165, 1.54) is 0 Å². The summed E-state index contributed by atoms with van der Waals surface area (Å²) in [6.07, 6.45) is -6.68. The van der Waals surface area contributed by atoms with Gasteiger partial charge in [0.2, 0.25) is 5.91 Å². The molecule has 10 nitrogen and oxygen atoms in total. The smallest absolute Gasteiger partial charge is 0.407 e. The number of fused-ring (bicyclic) bond motifs is 3. The summed E-state index contributed by atoms with van der Waals surface area (Å²) in [6.45, 7) is -1.00. The van der Waals surface area contributed by atoms with Crippen LogP contribution in [0, 0.1) is 0 Å². The fourth-order valence-electron chi connectivity index (χ4n) is 4.29. The highest BCUT2D eigenvalue weighted by atomic mass is 16.6. The minimum atomic E-state index is -1.64. The third kappa shape index (κ3) is 4.70. The molecule has 0 radical (unpaired) electrons. The number of aliphatic hydroxyl groups is 4. The van der Waals surface area contributed by atoms with Crippen molar-refractivity contribution in [2.75, 3.05) is 19.8 Å². The van der Waals surface area contributed by atoms with E-state index in [-0.39, 0.29) is 12.5 Å². The number of hydrogen-bond donors (Lipinski definition) is 6. The van der Waals surface area contributed by atoms with Gasteiger partial charge in [-0.25, -0.2) is 4.79 Å². The molecule has 2 aliphatic rings.